The quantitative estimate of drug-likeness (QED) is 0.760. The van der Waals surface area contributed by atoms with E-state index < -0.39 is 0 Å². The van der Waals surface area contributed by atoms with Crippen molar-refractivity contribution in [3.63, 3.8) is 0 Å². The Kier molecular flexibility index (Phi) is 6.30. The Hall–Kier alpha value is -0.712. The van der Waals surface area contributed by atoms with E-state index in [0.29, 0.717) is 0 Å². The molecule has 0 aliphatic heterocycles. The molecule has 2 heteroatoms. The predicted octanol–water partition coefficient (Wildman–Crippen LogP) is 3.25. The van der Waals surface area contributed by atoms with Crippen molar-refractivity contribution in [2.45, 2.75) is 10.4 Å². The molecule has 0 amide bonds. The van der Waals surface area contributed by atoms with Crippen molar-refractivity contribution < 1.29 is 0 Å². The topological polar surface area (TPSA) is 0 Å². The fourth-order valence-electron chi connectivity index (χ4n) is 1.54. The van der Waals surface area contributed by atoms with Crippen LogP contribution < -0.4 is 0 Å². The molecule has 0 aliphatic rings. The third-order valence-corrected chi connectivity index (χ3v) is 5.11. The molecule has 0 fully saturated rings. The molecule has 0 bridgehead atoms. The van der Waals surface area contributed by atoms with Crippen molar-refractivity contribution in [2.75, 3.05) is 0 Å². The van der Waals surface area contributed by atoms with E-state index in [1.165, 1.54) is 21.5 Å². The zero-order valence-corrected chi connectivity index (χ0v) is 12.0. The molecule has 0 heterocycles. The van der Waals surface area contributed by atoms with Gasteiger partial charge in [-0.3, -0.25) is 0 Å². The maximum absolute atomic E-state index is 2.23. The van der Waals surface area contributed by atoms with Crippen molar-refractivity contribution in [3.05, 3.63) is 71.8 Å². The van der Waals surface area contributed by atoms with Crippen LogP contribution in [0.15, 0.2) is 60.7 Å². The summed E-state index contributed by atoms with van der Waals surface area (Å²) >= 11 is 0.136. The average molecular weight is 295 g/mol. The normalized spacial score (nSPS) is 9.50. The molecule has 0 radical (unpaired) electrons. The molecule has 0 nitrogen and oxygen atoms in total. The van der Waals surface area contributed by atoms with Crippen LogP contribution >= 0.6 is 12.4 Å². The number of benzene rings is 2. The van der Waals surface area contributed by atoms with E-state index in [1.54, 1.807) is 0 Å². The third-order valence-electron chi connectivity index (χ3n) is 2.34. The summed E-state index contributed by atoms with van der Waals surface area (Å²) in [6.07, 6.45) is 0. The van der Waals surface area contributed by atoms with Crippen LogP contribution in [0.1, 0.15) is 11.1 Å². The molecule has 16 heavy (non-hydrogen) atoms. The predicted molar refractivity (Wildman–Crippen MR) is 74.7 cm³/mol. The second-order valence-corrected chi connectivity index (χ2v) is 6.11. The van der Waals surface area contributed by atoms with Gasteiger partial charge in [-0.15, -0.1) is 12.4 Å². The minimum absolute atomic E-state index is 0. The van der Waals surface area contributed by atoms with Gasteiger partial charge in [-0.05, 0) is 0 Å². The zero-order chi connectivity index (χ0) is 10.3. The van der Waals surface area contributed by atoms with Gasteiger partial charge in [0.2, 0.25) is 0 Å². The molecule has 84 valence electrons. The van der Waals surface area contributed by atoms with Crippen LogP contribution in [-0.4, -0.2) is 15.8 Å². The number of hydrogen-bond acceptors (Lipinski definition) is 0. The molecule has 0 aliphatic carbocycles. The van der Waals surface area contributed by atoms with Crippen molar-refractivity contribution in [3.8, 4) is 0 Å². The fourth-order valence-corrected chi connectivity index (χ4v) is 4.01. The van der Waals surface area contributed by atoms with E-state index >= 15 is 0 Å². The zero-order valence-electron chi connectivity index (χ0n) is 9.10. The van der Waals surface area contributed by atoms with Crippen molar-refractivity contribution >= 4 is 28.2 Å². The van der Waals surface area contributed by atoms with Crippen molar-refractivity contribution in [1.29, 1.82) is 0 Å². The summed E-state index contributed by atoms with van der Waals surface area (Å²) < 4.78 is 0. The Morgan fingerprint density at radius 3 is 1.38 bits per heavy atom. The van der Waals surface area contributed by atoms with Gasteiger partial charge in [0, 0.05) is 0 Å². The molecular weight excluding hydrogens is 279 g/mol. The van der Waals surface area contributed by atoms with Crippen LogP contribution in [0.5, 0.6) is 0 Å². The van der Waals surface area contributed by atoms with Crippen molar-refractivity contribution in [1.82, 2.24) is 0 Å². The second kappa shape index (κ2) is 7.54. The van der Waals surface area contributed by atoms with E-state index in [0.717, 1.165) is 0 Å². The fraction of sp³-hybridized carbons (Fsp3) is 0.143. The second-order valence-electron chi connectivity index (χ2n) is 3.57. The van der Waals surface area contributed by atoms with Gasteiger partial charge < -0.3 is 0 Å². The summed E-state index contributed by atoms with van der Waals surface area (Å²) in [5.41, 5.74) is 2.99. The molecule has 0 aromatic heterocycles. The van der Waals surface area contributed by atoms with Crippen LogP contribution in [0, 0.1) is 0 Å². The van der Waals surface area contributed by atoms with Crippen LogP contribution in [0.4, 0.5) is 0 Å². The Labute approximate surface area is 110 Å². The summed E-state index contributed by atoms with van der Waals surface area (Å²) in [6, 6.07) is 21.6. The number of hydrogen-bond donors (Lipinski definition) is 0. The van der Waals surface area contributed by atoms with Gasteiger partial charge in [0.15, 0.2) is 0 Å². The Morgan fingerprint density at radius 1 is 0.625 bits per heavy atom. The van der Waals surface area contributed by atoms with E-state index in [4.69, 9.17) is 0 Å². The summed E-state index contributed by atoms with van der Waals surface area (Å²) in [5, 5.41) is 2.60. The van der Waals surface area contributed by atoms with E-state index in [9.17, 15) is 0 Å². The SMILES string of the molecule is Cl.c1ccc(C[AsH]Cc2ccccc2)cc1. The summed E-state index contributed by atoms with van der Waals surface area (Å²) in [6.45, 7) is 0. The molecular formula is C14H16AsCl. The first-order chi connectivity index (χ1) is 7.45. The molecule has 2 aromatic carbocycles. The first-order valence-corrected chi connectivity index (χ1v) is 8.20. The van der Waals surface area contributed by atoms with Gasteiger partial charge >= 0.3 is 98.0 Å². The van der Waals surface area contributed by atoms with Crippen LogP contribution in [0.2, 0.25) is 0 Å². The Morgan fingerprint density at radius 2 is 1.00 bits per heavy atom. The molecule has 0 atom stereocenters. The minimum atomic E-state index is 0. The first kappa shape index (κ1) is 13.4. The molecule has 2 rings (SSSR count). The standard InChI is InChI=1S/C14H15As.ClH/c1-3-7-13(8-4-1)11-15-12-14-9-5-2-6-10-14;/h1-10,15H,11-12H2;1H. The average Bonchev–Trinajstić information content (AvgIpc) is 2.32. The molecule has 0 N–H and O–H groups in total. The van der Waals surface area contributed by atoms with E-state index in [-0.39, 0.29) is 28.2 Å². The van der Waals surface area contributed by atoms with Crippen LogP contribution in [-0.2, 0) is 10.4 Å². The van der Waals surface area contributed by atoms with E-state index in [1.807, 2.05) is 0 Å². The first-order valence-electron chi connectivity index (χ1n) is 5.24. The van der Waals surface area contributed by atoms with Crippen molar-refractivity contribution in [2.24, 2.45) is 0 Å². The Bertz CT molecular complexity index is 346. The molecule has 0 spiro atoms. The van der Waals surface area contributed by atoms with E-state index in [2.05, 4.69) is 60.7 Å². The molecule has 0 unspecified atom stereocenters. The summed E-state index contributed by atoms with van der Waals surface area (Å²) in [5.74, 6) is 0. The van der Waals surface area contributed by atoms with Gasteiger partial charge in [-0.25, -0.2) is 0 Å². The van der Waals surface area contributed by atoms with Crippen LogP contribution in [0.25, 0.3) is 0 Å². The Balaban J connectivity index is 0.00000128. The van der Waals surface area contributed by atoms with Gasteiger partial charge in [0.1, 0.15) is 0 Å². The molecule has 0 saturated heterocycles. The van der Waals surface area contributed by atoms with Gasteiger partial charge in [0.25, 0.3) is 0 Å². The molecule has 0 saturated carbocycles. The van der Waals surface area contributed by atoms with Crippen LogP contribution in [0.3, 0.4) is 0 Å². The van der Waals surface area contributed by atoms with Gasteiger partial charge in [-0.1, -0.05) is 0 Å². The molecule has 2 aromatic rings. The number of rotatable bonds is 4. The van der Waals surface area contributed by atoms with Gasteiger partial charge in [-0.2, -0.15) is 0 Å². The number of halogens is 1. The third kappa shape index (κ3) is 4.43. The maximum atomic E-state index is 2.23. The summed E-state index contributed by atoms with van der Waals surface area (Å²) in [4.78, 5) is 0. The van der Waals surface area contributed by atoms with Gasteiger partial charge in [0.05, 0.1) is 0 Å². The monoisotopic (exact) mass is 294 g/mol. The summed E-state index contributed by atoms with van der Waals surface area (Å²) in [7, 11) is 0.